The summed E-state index contributed by atoms with van der Waals surface area (Å²) in [4.78, 5) is 9.87. The first-order valence-electron chi connectivity index (χ1n) is 3.61. The molecule has 72 valence electrons. The second kappa shape index (κ2) is 3.43. The molecule has 14 heavy (non-hydrogen) atoms. The van der Waals surface area contributed by atoms with E-state index in [-0.39, 0.29) is 0 Å². The summed E-state index contributed by atoms with van der Waals surface area (Å²) in [5.41, 5.74) is -0.415. The summed E-state index contributed by atoms with van der Waals surface area (Å²) < 4.78 is 14.7. The van der Waals surface area contributed by atoms with Crippen molar-refractivity contribution in [2.24, 2.45) is 0 Å². The van der Waals surface area contributed by atoms with Crippen molar-refractivity contribution >= 4 is 49.7 Å². The molecule has 0 aliphatic carbocycles. The monoisotopic (exact) mass is 323 g/mol. The predicted molar refractivity (Wildman–Crippen MR) is 61.2 cm³/mol. The third-order valence-corrected chi connectivity index (χ3v) is 3.37. The summed E-state index contributed by atoms with van der Waals surface area (Å²) in [7, 11) is 0. The summed E-state index contributed by atoms with van der Waals surface area (Å²) in [5.74, 6) is 0. The number of rotatable bonds is 1. The Hall–Kier alpha value is -0.760. The number of hydrogen-bond acceptors (Lipinski definition) is 3. The molecule has 0 aliphatic rings. The van der Waals surface area contributed by atoms with Gasteiger partial charge in [0, 0.05) is 8.27 Å². The Balaban J connectivity index is 2.84. The minimum atomic E-state index is -0.730. The molecule has 0 unspecified atom stereocenters. The topological polar surface area (TPSA) is 43.1 Å². The maximum Gasteiger partial charge on any atom is 0.323 e. The molecule has 0 N–H and O–H groups in total. The lowest BCUT2D eigenvalue weighted by molar-refractivity contribution is -0.385. The largest absolute Gasteiger partial charge is 0.323 e. The van der Waals surface area contributed by atoms with Gasteiger partial charge in [0.2, 0.25) is 0 Å². The molecule has 3 nitrogen and oxygen atoms in total. The average molecular weight is 323 g/mol. The van der Waals surface area contributed by atoms with E-state index in [1.54, 1.807) is 18.2 Å². The molecule has 1 aromatic heterocycles. The van der Waals surface area contributed by atoms with Gasteiger partial charge in [-0.15, -0.1) is 0 Å². The maximum absolute atomic E-state index is 13.2. The Labute approximate surface area is 95.8 Å². The number of nitro groups is 1. The maximum atomic E-state index is 13.2. The zero-order valence-electron chi connectivity index (χ0n) is 6.66. The molecule has 0 aliphatic heterocycles. The van der Waals surface area contributed by atoms with Gasteiger partial charge in [-0.1, -0.05) is 11.3 Å². The van der Waals surface area contributed by atoms with Crippen LogP contribution in [0.15, 0.2) is 18.2 Å². The van der Waals surface area contributed by atoms with Crippen molar-refractivity contribution < 1.29 is 9.31 Å². The van der Waals surface area contributed by atoms with Gasteiger partial charge in [0.1, 0.15) is 0 Å². The SMILES string of the molecule is O=[N+]([O-])c1c(F)sc2cc(I)ccc12. The molecule has 2 rings (SSSR count). The van der Waals surface area contributed by atoms with Crippen molar-refractivity contribution in [2.75, 3.05) is 0 Å². The van der Waals surface area contributed by atoms with Crippen LogP contribution in [-0.4, -0.2) is 4.92 Å². The minimum Gasteiger partial charge on any atom is -0.258 e. The lowest BCUT2D eigenvalue weighted by Crippen LogP contribution is -1.87. The molecule has 6 heteroatoms. The van der Waals surface area contributed by atoms with Gasteiger partial charge in [-0.25, -0.2) is 0 Å². The van der Waals surface area contributed by atoms with Crippen molar-refractivity contribution in [2.45, 2.75) is 0 Å². The van der Waals surface area contributed by atoms with Crippen LogP contribution in [0, 0.1) is 18.8 Å². The van der Waals surface area contributed by atoms with E-state index in [4.69, 9.17) is 0 Å². The molecule has 1 aromatic carbocycles. The predicted octanol–water partition coefficient (Wildman–Crippen LogP) is 3.55. The van der Waals surface area contributed by atoms with Crippen molar-refractivity contribution in [3.63, 3.8) is 0 Å². The van der Waals surface area contributed by atoms with Crippen LogP contribution < -0.4 is 0 Å². The first-order valence-corrected chi connectivity index (χ1v) is 5.51. The number of halogens is 2. The van der Waals surface area contributed by atoms with Gasteiger partial charge in [0.25, 0.3) is 5.13 Å². The highest BCUT2D eigenvalue weighted by molar-refractivity contribution is 14.1. The Morgan fingerprint density at radius 1 is 1.50 bits per heavy atom. The Morgan fingerprint density at radius 3 is 2.86 bits per heavy atom. The number of hydrogen-bond donors (Lipinski definition) is 0. The fraction of sp³-hybridized carbons (Fsp3) is 0. The molecule has 0 atom stereocenters. The Kier molecular flexibility index (Phi) is 2.40. The van der Waals surface area contributed by atoms with E-state index in [2.05, 4.69) is 22.6 Å². The van der Waals surface area contributed by atoms with Crippen LogP contribution >= 0.6 is 33.9 Å². The zero-order valence-corrected chi connectivity index (χ0v) is 9.63. The zero-order chi connectivity index (χ0) is 10.3. The summed E-state index contributed by atoms with van der Waals surface area (Å²) in [6.07, 6.45) is 0. The van der Waals surface area contributed by atoms with Gasteiger partial charge >= 0.3 is 5.69 Å². The first kappa shape index (κ1) is 9.78. The molecule has 1 heterocycles. The van der Waals surface area contributed by atoms with E-state index in [1.807, 2.05) is 0 Å². The van der Waals surface area contributed by atoms with Crippen LogP contribution in [0.1, 0.15) is 0 Å². The van der Waals surface area contributed by atoms with Crippen molar-refractivity contribution in [3.8, 4) is 0 Å². The van der Waals surface area contributed by atoms with Crippen molar-refractivity contribution in [1.29, 1.82) is 0 Å². The van der Waals surface area contributed by atoms with E-state index in [1.165, 1.54) is 0 Å². The third-order valence-electron chi connectivity index (χ3n) is 1.77. The highest BCUT2D eigenvalue weighted by Crippen LogP contribution is 2.36. The molecule has 2 aromatic rings. The second-order valence-electron chi connectivity index (χ2n) is 2.62. The van der Waals surface area contributed by atoms with E-state index >= 15 is 0 Å². The van der Waals surface area contributed by atoms with E-state index in [0.29, 0.717) is 10.1 Å². The average Bonchev–Trinajstić information content (AvgIpc) is 2.39. The molecule has 0 bridgehead atoms. The molecular weight excluding hydrogens is 320 g/mol. The number of benzene rings is 1. The van der Waals surface area contributed by atoms with E-state index < -0.39 is 15.7 Å². The third kappa shape index (κ3) is 1.48. The second-order valence-corrected chi connectivity index (χ2v) is 4.87. The van der Waals surface area contributed by atoms with Gasteiger partial charge in [-0.05, 0) is 40.8 Å². The lowest BCUT2D eigenvalue weighted by Gasteiger charge is -1.90. The minimum absolute atomic E-state index is 0.373. The summed E-state index contributed by atoms with van der Waals surface area (Å²) in [6, 6.07) is 5.04. The smallest absolute Gasteiger partial charge is 0.258 e. The van der Waals surface area contributed by atoms with Crippen molar-refractivity contribution in [3.05, 3.63) is 37.0 Å². The fourth-order valence-electron chi connectivity index (χ4n) is 1.20. The van der Waals surface area contributed by atoms with Gasteiger partial charge in [0.05, 0.1) is 10.3 Å². The lowest BCUT2D eigenvalue weighted by atomic mass is 10.2. The van der Waals surface area contributed by atoms with Crippen LogP contribution in [0.2, 0.25) is 0 Å². The van der Waals surface area contributed by atoms with E-state index in [9.17, 15) is 14.5 Å². The van der Waals surface area contributed by atoms with E-state index in [0.717, 1.165) is 14.9 Å². The standard InChI is InChI=1S/C8H3FINO2S/c9-8-7(11(12)13)5-2-1-4(10)3-6(5)14-8/h1-3H. The highest BCUT2D eigenvalue weighted by atomic mass is 127. The first-order chi connectivity index (χ1) is 6.59. The molecule has 0 spiro atoms. The van der Waals surface area contributed by atoms with Gasteiger partial charge in [0.15, 0.2) is 0 Å². The number of thiophene rings is 1. The quantitative estimate of drug-likeness (QED) is 0.458. The number of nitrogens with zero attached hydrogens (tertiary/aromatic N) is 1. The van der Waals surface area contributed by atoms with Gasteiger partial charge < -0.3 is 0 Å². The van der Waals surface area contributed by atoms with Crippen LogP contribution in [0.25, 0.3) is 10.1 Å². The Morgan fingerprint density at radius 2 is 2.21 bits per heavy atom. The molecule has 0 amide bonds. The molecule has 0 saturated heterocycles. The van der Waals surface area contributed by atoms with Crippen molar-refractivity contribution in [1.82, 2.24) is 0 Å². The van der Waals surface area contributed by atoms with Crippen LogP contribution in [0.4, 0.5) is 10.1 Å². The Bertz CT molecular complexity index is 525. The normalized spacial score (nSPS) is 10.7. The molecule has 0 saturated carbocycles. The number of fused-ring (bicyclic) bond motifs is 1. The summed E-state index contributed by atoms with van der Waals surface area (Å²) in [5, 5.41) is 10.2. The summed E-state index contributed by atoms with van der Waals surface area (Å²) in [6.45, 7) is 0. The van der Waals surface area contributed by atoms with Crippen LogP contribution in [-0.2, 0) is 0 Å². The molecular formula is C8H3FINO2S. The molecule has 0 radical (unpaired) electrons. The van der Waals surface area contributed by atoms with Gasteiger partial charge in [-0.3, -0.25) is 10.1 Å². The highest BCUT2D eigenvalue weighted by Gasteiger charge is 2.22. The van der Waals surface area contributed by atoms with Crippen LogP contribution in [0.5, 0.6) is 0 Å². The molecule has 0 fully saturated rings. The van der Waals surface area contributed by atoms with Crippen LogP contribution in [0.3, 0.4) is 0 Å². The van der Waals surface area contributed by atoms with Gasteiger partial charge in [-0.2, -0.15) is 4.39 Å². The fourth-order valence-corrected chi connectivity index (χ4v) is 2.83. The summed E-state index contributed by atoms with van der Waals surface area (Å²) >= 11 is 2.89.